The summed E-state index contributed by atoms with van der Waals surface area (Å²) in [6.45, 7) is 4.91. The van der Waals surface area contributed by atoms with Gasteiger partial charge in [-0.1, -0.05) is 6.07 Å². The van der Waals surface area contributed by atoms with Crippen LogP contribution in [0.2, 0.25) is 0 Å². The minimum Gasteiger partial charge on any atom is -0.389 e. The predicted molar refractivity (Wildman–Crippen MR) is 69.4 cm³/mol. The van der Waals surface area contributed by atoms with E-state index < -0.39 is 6.10 Å². The fourth-order valence-electron chi connectivity index (χ4n) is 2.23. The highest BCUT2D eigenvalue weighted by Crippen LogP contribution is 2.28. The molecule has 1 aromatic carbocycles. The van der Waals surface area contributed by atoms with E-state index in [0.717, 1.165) is 37.4 Å². The van der Waals surface area contributed by atoms with Gasteiger partial charge in [0.1, 0.15) is 0 Å². The van der Waals surface area contributed by atoms with Gasteiger partial charge in [-0.2, -0.15) is 5.26 Å². The quantitative estimate of drug-likeness (QED) is 0.865. The third-order valence-electron chi connectivity index (χ3n) is 3.17. The molecule has 1 aliphatic rings. The maximum Gasteiger partial charge on any atom is 0.0992 e. The number of benzene rings is 1. The third kappa shape index (κ3) is 2.81. The summed E-state index contributed by atoms with van der Waals surface area (Å²) in [4.78, 5) is 2.19. The highest BCUT2D eigenvalue weighted by molar-refractivity contribution is 5.58. The van der Waals surface area contributed by atoms with Crippen molar-refractivity contribution in [3.8, 4) is 6.07 Å². The number of aliphatic hydroxyl groups is 1. The zero-order valence-corrected chi connectivity index (χ0v) is 10.6. The molecule has 0 amide bonds. The Balaban J connectivity index is 2.36. The Labute approximate surface area is 107 Å². The molecular weight excluding hydrogens is 228 g/mol. The number of anilines is 1. The third-order valence-corrected chi connectivity index (χ3v) is 3.17. The molecule has 18 heavy (non-hydrogen) atoms. The smallest absolute Gasteiger partial charge is 0.0992 e. The second kappa shape index (κ2) is 5.85. The summed E-state index contributed by atoms with van der Waals surface area (Å²) < 4.78 is 5.43. The summed E-state index contributed by atoms with van der Waals surface area (Å²) >= 11 is 0. The standard InChI is InChI=1S/C14H18N2O2/c1-11(17)13-4-3-12(10-15)9-14(13)16-5-2-7-18-8-6-16/h3-4,9,11,17H,2,5-8H2,1H3/t11-/m0/s1. The van der Waals surface area contributed by atoms with E-state index in [1.165, 1.54) is 0 Å². The molecule has 0 unspecified atom stereocenters. The van der Waals surface area contributed by atoms with Gasteiger partial charge in [0.15, 0.2) is 0 Å². The lowest BCUT2D eigenvalue weighted by atomic mass is 10.0. The average molecular weight is 246 g/mol. The van der Waals surface area contributed by atoms with Crippen molar-refractivity contribution >= 4 is 5.69 Å². The van der Waals surface area contributed by atoms with Gasteiger partial charge < -0.3 is 14.7 Å². The first kappa shape index (κ1) is 12.9. The van der Waals surface area contributed by atoms with Crippen LogP contribution in [-0.2, 0) is 4.74 Å². The first-order chi connectivity index (χ1) is 8.72. The zero-order valence-electron chi connectivity index (χ0n) is 10.6. The maximum atomic E-state index is 9.83. The molecule has 4 heteroatoms. The number of hydrogen-bond donors (Lipinski definition) is 1. The van der Waals surface area contributed by atoms with Crippen molar-refractivity contribution in [1.29, 1.82) is 5.26 Å². The van der Waals surface area contributed by atoms with Crippen molar-refractivity contribution < 1.29 is 9.84 Å². The monoisotopic (exact) mass is 246 g/mol. The van der Waals surface area contributed by atoms with Crippen LogP contribution in [0.1, 0.15) is 30.6 Å². The summed E-state index contributed by atoms with van der Waals surface area (Å²) in [6.07, 6.45) is 0.438. The van der Waals surface area contributed by atoms with Gasteiger partial charge in [-0.15, -0.1) is 0 Å². The van der Waals surface area contributed by atoms with E-state index >= 15 is 0 Å². The molecule has 0 saturated carbocycles. The molecule has 96 valence electrons. The lowest BCUT2D eigenvalue weighted by molar-refractivity contribution is 0.152. The molecule has 1 heterocycles. The van der Waals surface area contributed by atoms with E-state index in [-0.39, 0.29) is 0 Å². The molecule has 0 spiro atoms. The lowest BCUT2D eigenvalue weighted by Gasteiger charge is -2.26. The minimum absolute atomic E-state index is 0.531. The van der Waals surface area contributed by atoms with E-state index in [2.05, 4.69) is 11.0 Å². The largest absolute Gasteiger partial charge is 0.389 e. The molecule has 1 atom stereocenters. The Morgan fingerprint density at radius 2 is 2.22 bits per heavy atom. The van der Waals surface area contributed by atoms with Crippen molar-refractivity contribution in [2.45, 2.75) is 19.4 Å². The second-order valence-corrected chi connectivity index (χ2v) is 4.51. The molecule has 0 aliphatic carbocycles. The Hall–Kier alpha value is -1.57. The number of nitrogens with zero attached hydrogens (tertiary/aromatic N) is 2. The summed E-state index contributed by atoms with van der Waals surface area (Å²) in [5, 5.41) is 18.8. The summed E-state index contributed by atoms with van der Waals surface area (Å²) in [6, 6.07) is 7.59. The van der Waals surface area contributed by atoms with Crippen LogP contribution in [0, 0.1) is 11.3 Å². The van der Waals surface area contributed by atoms with Gasteiger partial charge >= 0.3 is 0 Å². The van der Waals surface area contributed by atoms with E-state index in [1.807, 2.05) is 12.1 Å². The molecular formula is C14H18N2O2. The van der Waals surface area contributed by atoms with Crippen LogP contribution in [0.15, 0.2) is 18.2 Å². The topological polar surface area (TPSA) is 56.5 Å². The Bertz CT molecular complexity index is 444. The van der Waals surface area contributed by atoms with E-state index in [0.29, 0.717) is 12.2 Å². The number of nitriles is 1. The zero-order chi connectivity index (χ0) is 13.0. The molecule has 1 N–H and O–H groups in total. The number of ether oxygens (including phenoxy) is 1. The number of aliphatic hydroxyl groups excluding tert-OH is 1. The van der Waals surface area contributed by atoms with Crippen LogP contribution in [-0.4, -0.2) is 31.4 Å². The molecule has 0 radical (unpaired) electrons. The van der Waals surface area contributed by atoms with Gasteiger partial charge in [-0.25, -0.2) is 0 Å². The first-order valence-electron chi connectivity index (χ1n) is 6.27. The van der Waals surface area contributed by atoms with Gasteiger partial charge in [0, 0.05) is 30.9 Å². The molecule has 1 fully saturated rings. The highest BCUT2D eigenvalue weighted by atomic mass is 16.5. The Morgan fingerprint density at radius 1 is 1.39 bits per heavy atom. The molecule has 4 nitrogen and oxygen atoms in total. The van der Waals surface area contributed by atoms with Crippen molar-refractivity contribution in [2.24, 2.45) is 0 Å². The van der Waals surface area contributed by atoms with Gasteiger partial charge in [0.2, 0.25) is 0 Å². The van der Waals surface area contributed by atoms with Gasteiger partial charge in [0.05, 0.1) is 24.3 Å². The van der Waals surface area contributed by atoms with Crippen LogP contribution in [0.5, 0.6) is 0 Å². The molecule has 1 aliphatic heterocycles. The van der Waals surface area contributed by atoms with Crippen LogP contribution in [0.3, 0.4) is 0 Å². The fourth-order valence-corrected chi connectivity index (χ4v) is 2.23. The first-order valence-corrected chi connectivity index (χ1v) is 6.27. The predicted octanol–water partition coefficient (Wildman–Crippen LogP) is 1.84. The van der Waals surface area contributed by atoms with E-state index in [9.17, 15) is 5.11 Å². The lowest BCUT2D eigenvalue weighted by Crippen LogP contribution is -2.27. The molecule has 0 bridgehead atoms. The fraction of sp³-hybridized carbons (Fsp3) is 0.500. The molecule has 1 saturated heterocycles. The van der Waals surface area contributed by atoms with Crippen LogP contribution in [0.25, 0.3) is 0 Å². The highest BCUT2D eigenvalue weighted by Gasteiger charge is 2.16. The number of hydrogen-bond acceptors (Lipinski definition) is 4. The molecule has 1 aromatic rings. The normalized spacial score (nSPS) is 17.9. The Morgan fingerprint density at radius 3 is 2.94 bits per heavy atom. The van der Waals surface area contributed by atoms with Gasteiger partial charge in [-0.05, 0) is 25.5 Å². The van der Waals surface area contributed by atoms with Gasteiger partial charge in [0.25, 0.3) is 0 Å². The maximum absolute atomic E-state index is 9.83. The SMILES string of the molecule is C[C@H](O)c1ccc(C#N)cc1N1CCCOCC1. The van der Waals surface area contributed by atoms with Crippen molar-refractivity contribution in [1.82, 2.24) is 0 Å². The average Bonchev–Trinajstić information content (AvgIpc) is 2.66. The van der Waals surface area contributed by atoms with Crippen LogP contribution in [0.4, 0.5) is 5.69 Å². The minimum atomic E-state index is -0.531. The van der Waals surface area contributed by atoms with Crippen molar-refractivity contribution in [2.75, 3.05) is 31.2 Å². The van der Waals surface area contributed by atoms with Crippen LogP contribution < -0.4 is 4.90 Å². The molecule has 2 rings (SSSR count). The summed E-state index contributed by atoms with van der Waals surface area (Å²) in [7, 11) is 0. The van der Waals surface area contributed by atoms with Crippen molar-refractivity contribution in [3.63, 3.8) is 0 Å². The number of rotatable bonds is 2. The van der Waals surface area contributed by atoms with Crippen LogP contribution >= 0.6 is 0 Å². The van der Waals surface area contributed by atoms with Gasteiger partial charge in [-0.3, -0.25) is 0 Å². The Kier molecular flexibility index (Phi) is 4.19. The molecule has 0 aromatic heterocycles. The van der Waals surface area contributed by atoms with E-state index in [4.69, 9.17) is 10.00 Å². The van der Waals surface area contributed by atoms with E-state index in [1.54, 1.807) is 13.0 Å². The summed E-state index contributed by atoms with van der Waals surface area (Å²) in [5.74, 6) is 0. The van der Waals surface area contributed by atoms with Crippen molar-refractivity contribution in [3.05, 3.63) is 29.3 Å². The second-order valence-electron chi connectivity index (χ2n) is 4.51. The summed E-state index contributed by atoms with van der Waals surface area (Å²) in [5.41, 5.74) is 2.45.